The van der Waals surface area contributed by atoms with Crippen LogP contribution in [0.2, 0.25) is 0 Å². The summed E-state index contributed by atoms with van der Waals surface area (Å²) < 4.78 is 38.7. The predicted octanol–water partition coefficient (Wildman–Crippen LogP) is 2.30. The van der Waals surface area contributed by atoms with Crippen molar-refractivity contribution in [3.8, 4) is 0 Å². The van der Waals surface area contributed by atoms with Crippen molar-refractivity contribution in [2.24, 2.45) is 0 Å². The summed E-state index contributed by atoms with van der Waals surface area (Å²) in [6, 6.07) is 1.12. The van der Waals surface area contributed by atoms with Crippen LogP contribution >= 0.6 is 0 Å². The van der Waals surface area contributed by atoms with Gasteiger partial charge < -0.3 is 10.4 Å². The second-order valence-corrected chi connectivity index (χ2v) is 3.57. The molecule has 1 rings (SSSR count). The van der Waals surface area contributed by atoms with Crippen molar-refractivity contribution in [3.05, 3.63) is 47.8 Å². The summed E-state index contributed by atoms with van der Waals surface area (Å²) in [6.45, 7) is 3.70. The van der Waals surface area contributed by atoms with Crippen LogP contribution in [0.5, 0.6) is 0 Å². The van der Waals surface area contributed by atoms with E-state index in [1.54, 1.807) is 6.08 Å². The number of aliphatic hydroxyl groups excluding tert-OH is 1. The Morgan fingerprint density at radius 1 is 1.29 bits per heavy atom. The zero-order chi connectivity index (χ0) is 12.8. The Labute approximate surface area is 97.8 Å². The van der Waals surface area contributed by atoms with Crippen LogP contribution in [0, 0.1) is 17.5 Å². The Hall–Kier alpha value is -1.33. The molecule has 1 atom stereocenters. The molecule has 0 amide bonds. The van der Waals surface area contributed by atoms with Crippen molar-refractivity contribution in [3.63, 3.8) is 0 Å². The van der Waals surface area contributed by atoms with Crippen LogP contribution in [0.25, 0.3) is 0 Å². The van der Waals surface area contributed by atoms with Crippen molar-refractivity contribution in [2.45, 2.75) is 12.5 Å². The van der Waals surface area contributed by atoms with Crippen molar-refractivity contribution in [1.82, 2.24) is 5.32 Å². The Morgan fingerprint density at radius 3 is 2.35 bits per heavy atom. The van der Waals surface area contributed by atoms with Crippen LogP contribution in [-0.4, -0.2) is 18.3 Å². The number of aliphatic hydroxyl groups is 1. The van der Waals surface area contributed by atoms with Gasteiger partial charge in [-0.3, -0.25) is 0 Å². The van der Waals surface area contributed by atoms with Gasteiger partial charge in [-0.15, -0.1) is 6.58 Å². The molecule has 1 unspecified atom stereocenters. The Kier molecular flexibility index (Phi) is 5.18. The fraction of sp³-hybridized carbons (Fsp3) is 0.333. The molecule has 0 aromatic heterocycles. The molecule has 0 heterocycles. The molecule has 2 nitrogen and oxygen atoms in total. The van der Waals surface area contributed by atoms with Gasteiger partial charge in [0.15, 0.2) is 17.5 Å². The predicted molar refractivity (Wildman–Crippen MR) is 59.0 cm³/mol. The number of benzene rings is 1. The number of rotatable bonds is 6. The van der Waals surface area contributed by atoms with E-state index in [0.717, 1.165) is 12.1 Å². The maximum atomic E-state index is 13.0. The number of hydrogen-bond acceptors (Lipinski definition) is 2. The minimum Gasteiger partial charge on any atom is -0.394 e. The van der Waals surface area contributed by atoms with Crippen molar-refractivity contribution < 1.29 is 18.3 Å². The third kappa shape index (κ3) is 3.57. The Bertz CT molecular complexity index is 372. The van der Waals surface area contributed by atoms with E-state index in [-0.39, 0.29) is 12.2 Å². The molecule has 0 saturated carbocycles. The molecule has 0 aliphatic carbocycles. The molecule has 1 aromatic rings. The van der Waals surface area contributed by atoms with Gasteiger partial charge in [-0.05, 0) is 30.7 Å². The highest BCUT2D eigenvalue weighted by atomic mass is 19.2. The molecule has 94 valence electrons. The number of halogens is 3. The topological polar surface area (TPSA) is 32.3 Å². The minimum atomic E-state index is -1.50. The SMILES string of the molecule is C=CCCNC(CO)c1cc(F)c(F)c(F)c1. The normalized spacial score (nSPS) is 12.5. The average Bonchev–Trinajstić information content (AvgIpc) is 2.31. The van der Waals surface area contributed by atoms with Gasteiger partial charge >= 0.3 is 0 Å². The summed E-state index contributed by atoms with van der Waals surface area (Å²) in [5, 5.41) is 12.0. The van der Waals surface area contributed by atoms with Crippen LogP contribution in [-0.2, 0) is 0 Å². The lowest BCUT2D eigenvalue weighted by Gasteiger charge is -2.16. The van der Waals surface area contributed by atoms with E-state index in [2.05, 4.69) is 11.9 Å². The molecule has 0 saturated heterocycles. The van der Waals surface area contributed by atoms with E-state index in [4.69, 9.17) is 5.11 Å². The van der Waals surface area contributed by atoms with Gasteiger partial charge in [0.25, 0.3) is 0 Å². The van der Waals surface area contributed by atoms with E-state index < -0.39 is 23.5 Å². The molecule has 5 heteroatoms. The molecule has 0 spiro atoms. The second kappa shape index (κ2) is 6.42. The zero-order valence-corrected chi connectivity index (χ0v) is 9.22. The van der Waals surface area contributed by atoms with E-state index in [9.17, 15) is 13.2 Å². The van der Waals surface area contributed by atoms with E-state index in [1.807, 2.05) is 0 Å². The number of nitrogens with one attached hydrogen (secondary N) is 1. The molecule has 0 aliphatic rings. The average molecular weight is 245 g/mol. The van der Waals surface area contributed by atoms with Gasteiger partial charge in [0, 0.05) is 0 Å². The zero-order valence-electron chi connectivity index (χ0n) is 9.22. The van der Waals surface area contributed by atoms with Gasteiger partial charge in [0.1, 0.15) is 0 Å². The van der Waals surface area contributed by atoms with Crippen molar-refractivity contribution >= 4 is 0 Å². The van der Waals surface area contributed by atoms with E-state index in [0.29, 0.717) is 13.0 Å². The Balaban J connectivity index is 2.84. The molecular formula is C12H14F3NO. The van der Waals surface area contributed by atoms with Gasteiger partial charge in [0.2, 0.25) is 0 Å². The summed E-state index contributed by atoms with van der Waals surface area (Å²) >= 11 is 0. The lowest BCUT2D eigenvalue weighted by atomic mass is 10.1. The smallest absolute Gasteiger partial charge is 0.194 e. The van der Waals surface area contributed by atoms with Crippen molar-refractivity contribution in [1.29, 1.82) is 0 Å². The highest BCUT2D eigenvalue weighted by molar-refractivity contribution is 5.22. The second-order valence-electron chi connectivity index (χ2n) is 3.57. The van der Waals surface area contributed by atoms with Gasteiger partial charge in [-0.1, -0.05) is 6.08 Å². The lowest BCUT2D eigenvalue weighted by molar-refractivity contribution is 0.244. The lowest BCUT2D eigenvalue weighted by Crippen LogP contribution is -2.25. The third-order valence-corrected chi connectivity index (χ3v) is 2.33. The van der Waals surface area contributed by atoms with Gasteiger partial charge in [-0.2, -0.15) is 0 Å². The van der Waals surface area contributed by atoms with Gasteiger partial charge in [-0.25, -0.2) is 13.2 Å². The molecule has 1 aromatic carbocycles. The first-order valence-electron chi connectivity index (χ1n) is 5.19. The maximum absolute atomic E-state index is 13.0. The van der Waals surface area contributed by atoms with E-state index in [1.165, 1.54) is 0 Å². The van der Waals surface area contributed by atoms with Crippen LogP contribution in [0.1, 0.15) is 18.0 Å². The minimum absolute atomic E-state index is 0.174. The van der Waals surface area contributed by atoms with Crippen LogP contribution in [0.3, 0.4) is 0 Å². The molecular weight excluding hydrogens is 231 g/mol. The summed E-state index contributed by atoms with van der Waals surface area (Å²) in [7, 11) is 0. The molecule has 0 bridgehead atoms. The summed E-state index contributed by atoms with van der Waals surface area (Å²) in [4.78, 5) is 0. The maximum Gasteiger partial charge on any atom is 0.194 e. The summed E-state index contributed by atoms with van der Waals surface area (Å²) in [6.07, 6.45) is 2.33. The van der Waals surface area contributed by atoms with E-state index >= 15 is 0 Å². The molecule has 17 heavy (non-hydrogen) atoms. The summed E-state index contributed by atoms with van der Waals surface area (Å²) in [5.74, 6) is -4.02. The fourth-order valence-corrected chi connectivity index (χ4v) is 1.42. The van der Waals surface area contributed by atoms with Crippen LogP contribution in [0.4, 0.5) is 13.2 Å². The first-order chi connectivity index (χ1) is 8.10. The monoisotopic (exact) mass is 245 g/mol. The molecule has 2 N–H and O–H groups in total. The number of hydrogen-bond donors (Lipinski definition) is 2. The van der Waals surface area contributed by atoms with Crippen molar-refractivity contribution in [2.75, 3.05) is 13.2 Å². The first kappa shape index (κ1) is 13.7. The Morgan fingerprint density at radius 2 is 1.88 bits per heavy atom. The van der Waals surface area contributed by atoms with Crippen LogP contribution < -0.4 is 5.32 Å². The first-order valence-corrected chi connectivity index (χ1v) is 5.19. The highest BCUT2D eigenvalue weighted by Crippen LogP contribution is 2.19. The van der Waals surface area contributed by atoms with Gasteiger partial charge in [0.05, 0.1) is 12.6 Å². The van der Waals surface area contributed by atoms with Crippen LogP contribution in [0.15, 0.2) is 24.8 Å². The third-order valence-electron chi connectivity index (χ3n) is 2.33. The molecule has 0 radical (unpaired) electrons. The quantitative estimate of drug-likeness (QED) is 0.458. The fourth-order valence-electron chi connectivity index (χ4n) is 1.42. The molecule has 0 aliphatic heterocycles. The summed E-state index contributed by atoms with van der Waals surface area (Å²) in [5.41, 5.74) is 0.174. The largest absolute Gasteiger partial charge is 0.394 e. The standard InChI is InChI=1S/C12H14F3NO/c1-2-3-4-16-11(7-17)8-5-9(13)12(15)10(14)6-8/h2,5-6,11,16-17H,1,3-4,7H2. The molecule has 0 fully saturated rings. The highest BCUT2D eigenvalue weighted by Gasteiger charge is 2.16.